The maximum atomic E-state index is 6.10. The zero-order valence-corrected chi connectivity index (χ0v) is 12.7. The summed E-state index contributed by atoms with van der Waals surface area (Å²) in [5.41, 5.74) is 8.44. The fourth-order valence-electron chi connectivity index (χ4n) is 2.42. The molecular weight excluding hydrogens is 276 g/mol. The number of rotatable bonds is 5. The van der Waals surface area contributed by atoms with Crippen LogP contribution in [-0.4, -0.2) is 12.3 Å². The van der Waals surface area contributed by atoms with E-state index in [0.717, 1.165) is 29.7 Å². The van der Waals surface area contributed by atoms with Gasteiger partial charge in [-0.15, -0.1) is 0 Å². The number of ether oxygens (including phenoxy) is 1. The molecule has 2 aromatic rings. The van der Waals surface area contributed by atoms with Crippen LogP contribution in [0.4, 0.5) is 5.88 Å². The molecule has 1 aromatic carbocycles. The lowest BCUT2D eigenvalue weighted by molar-refractivity contribution is 0.416. The van der Waals surface area contributed by atoms with Gasteiger partial charge in [-0.1, -0.05) is 30.6 Å². The van der Waals surface area contributed by atoms with E-state index < -0.39 is 0 Å². The maximum absolute atomic E-state index is 6.10. The lowest BCUT2D eigenvalue weighted by Gasteiger charge is -2.13. The number of anilines is 1. The summed E-state index contributed by atoms with van der Waals surface area (Å²) >= 11 is 6.10. The summed E-state index contributed by atoms with van der Waals surface area (Å²) in [7, 11) is 1.62. The van der Waals surface area contributed by atoms with Crippen LogP contribution >= 0.6 is 11.6 Å². The number of methoxy groups -OCH3 is 1. The van der Waals surface area contributed by atoms with Gasteiger partial charge in [0.25, 0.3) is 0 Å². The lowest BCUT2D eigenvalue weighted by Crippen LogP contribution is -2.00. The second kappa shape index (κ2) is 6.18. The molecule has 0 atom stereocenters. The van der Waals surface area contributed by atoms with E-state index in [4.69, 9.17) is 26.6 Å². The normalized spacial score (nSPS) is 11.1. The number of halogens is 1. The molecule has 0 radical (unpaired) electrons. The van der Waals surface area contributed by atoms with Crippen molar-refractivity contribution in [3.05, 3.63) is 28.9 Å². The van der Waals surface area contributed by atoms with E-state index in [-0.39, 0.29) is 0 Å². The molecule has 2 rings (SSSR count). The van der Waals surface area contributed by atoms with E-state index in [0.29, 0.717) is 22.6 Å². The van der Waals surface area contributed by atoms with Crippen molar-refractivity contribution in [3.8, 4) is 16.9 Å². The second-order valence-electron chi connectivity index (χ2n) is 4.67. The van der Waals surface area contributed by atoms with Gasteiger partial charge in [-0.25, -0.2) is 0 Å². The highest BCUT2D eigenvalue weighted by Gasteiger charge is 2.24. The van der Waals surface area contributed by atoms with E-state index in [1.54, 1.807) is 13.2 Å². The second-order valence-corrected chi connectivity index (χ2v) is 5.10. The van der Waals surface area contributed by atoms with Gasteiger partial charge in [-0.2, -0.15) is 0 Å². The summed E-state index contributed by atoms with van der Waals surface area (Å²) in [6, 6.07) is 5.43. The average Bonchev–Trinajstić information content (AvgIpc) is 2.82. The zero-order valence-electron chi connectivity index (χ0n) is 11.9. The van der Waals surface area contributed by atoms with Crippen LogP contribution in [0, 0.1) is 0 Å². The summed E-state index contributed by atoms with van der Waals surface area (Å²) in [5.74, 6) is 1.30. The first-order chi connectivity index (χ1) is 9.62. The van der Waals surface area contributed by atoms with Crippen molar-refractivity contribution in [1.82, 2.24) is 5.16 Å². The third-order valence-electron chi connectivity index (χ3n) is 3.55. The number of aromatic nitrogens is 1. The molecule has 0 aliphatic carbocycles. The van der Waals surface area contributed by atoms with Gasteiger partial charge in [0, 0.05) is 16.5 Å². The Hall–Kier alpha value is -1.68. The van der Waals surface area contributed by atoms with Gasteiger partial charge < -0.3 is 15.0 Å². The van der Waals surface area contributed by atoms with Crippen LogP contribution in [0.15, 0.2) is 22.7 Å². The SMILES string of the molecule is CCC(CC)c1noc(N)c1-c1cc(Cl)ccc1OC. The van der Waals surface area contributed by atoms with Crippen molar-refractivity contribution < 1.29 is 9.26 Å². The molecule has 0 fully saturated rings. The van der Waals surface area contributed by atoms with Crippen molar-refractivity contribution in [2.75, 3.05) is 12.8 Å². The van der Waals surface area contributed by atoms with E-state index in [2.05, 4.69) is 19.0 Å². The Balaban J connectivity index is 2.63. The number of nitrogens with zero attached hydrogens (tertiary/aromatic N) is 1. The highest BCUT2D eigenvalue weighted by Crippen LogP contribution is 2.41. The third kappa shape index (κ3) is 2.61. The van der Waals surface area contributed by atoms with Crippen LogP contribution in [-0.2, 0) is 0 Å². The van der Waals surface area contributed by atoms with Gasteiger partial charge in [0.1, 0.15) is 5.75 Å². The predicted octanol–water partition coefficient (Wildman–Crippen LogP) is 4.49. The summed E-state index contributed by atoms with van der Waals surface area (Å²) in [6.45, 7) is 4.25. The Morgan fingerprint density at radius 3 is 2.65 bits per heavy atom. The number of benzene rings is 1. The fourth-order valence-corrected chi connectivity index (χ4v) is 2.59. The molecule has 1 heterocycles. The first kappa shape index (κ1) is 14.7. The van der Waals surface area contributed by atoms with Crippen LogP contribution in [0.25, 0.3) is 11.1 Å². The summed E-state index contributed by atoms with van der Waals surface area (Å²) in [4.78, 5) is 0. The van der Waals surface area contributed by atoms with Gasteiger partial charge in [-0.3, -0.25) is 0 Å². The molecule has 2 N–H and O–H groups in total. The molecule has 0 saturated carbocycles. The molecule has 0 saturated heterocycles. The van der Waals surface area contributed by atoms with Crippen molar-refractivity contribution in [3.63, 3.8) is 0 Å². The molecule has 0 aliphatic heterocycles. The third-order valence-corrected chi connectivity index (χ3v) is 3.78. The van der Waals surface area contributed by atoms with Gasteiger partial charge in [0.05, 0.1) is 18.4 Å². The van der Waals surface area contributed by atoms with Crippen LogP contribution in [0.5, 0.6) is 5.75 Å². The van der Waals surface area contributed by atoms with Crippen LogP contribution in [0.2, 0.25) is 5.02 Å². The van der Waals surface area contributed by atoms with Crippen LogP contribution < -0.4 is 10.5 Å². The van der Waals surface area contributed by atoms with E-state index in [1.165, 1.54) is 0 Å². The topological polar surface area (TPSA) is 61.3 Å². The number of hydrogen-bond acceptors (Lipinski definition) is 4. The molecule has 5 heteroatoms. The Morgan fingerprint density at radius 1 is 1.35 bits per heavy atom. The first-order valence-corrected chi connectivity index (χ1v) is 7.09. The van der Waals surface area contributed by atoms with Crippen molar-refractivity contribution in [2.24, 2.45) is 0 Å². The fraction of sp³-hybridized carbons (Fsp3) is 0.400. The molecule has 0 bridgehead atoms. The molecule has 4 nitrogen and oxygen atoms in total. The molecule has 0 amide bonds. The molecule has 0 aliphatic rings. The van der Waals surface area contributed by atoms with E-state index in [1.807, 2.05) is 12.1 Å². The standard InChI is InChI=1S/C15H19ClN2O2/c1-4-9(5-2)14-13(15(17)20-18-14)11-8-10(16)6-7-12(11)19-3/h6-9H,4-5,17H2,1-3H3. The molecule has 0 unspecified atom stereocenters. The van der Waals surface area contributed by atoms with Gasteiger partial charge in [0.15, 0.2) is 0 Å². The van der Waals surface area contributed by atoms with Crippen LogP contribution in [0.1, 0.15) is 38.3 Å². The quantitative estimate of drug-likeness (QED) is 0.882. The molecule has 20 heavy (non-hydrogen) atoms. The Bertz CT molecular complexity index is 592. The number of nitrogens with two attached hydrogens (primary N) is 1. The predicted molar refractivity (Wildman–Crippen MR) is 81.2 cm³/mol. The van der Waals surface area contributed by atoms with E-state index >= 15 is 0 Å². The monoisotopic (exact) mass is 294 g/mol. The van der Waals surface area contributed by atoms with Crippen molar-refractivity contribution >= 4 is 17.5 Å². The van der Waals surface area contributed by atoms with Gasteiger partial charge >= 0.3 is 0 Å². The van der Waals surface area contributed by atoms with Crippen molar-refractivity contribution in [2.45, 2.75) is 32.6 Å². The molecule has 1 aromatic heterocycles. The van der Waals surface area contributed by atoms with E-state index in [9.17, 15) is 0 Å². The zero-order chi connectivity index (χ0) is 14.7. The Labute approximate surface area is 123 Å². The lowest BCUT2D eigenvalue weighted by atomic mass is 9.92. The molecular formula is C15H19ClN2O2. The van der Waals surface area contributed by atoms with Gasteiger partial charge in [0.2, 0.25) is 5.88 Å². The highest BCUT2D eigenvalue weighted by molar-refractivity contribution is 6.31. The Morgan fingerprint density at radius 2 is 2.05 bits per heavy atom. The van der Waals surface area contributed by atoms with Gasteiger partial charge in [-0.05, 0) is 31.0 Å². The first-order valence-electron chi connectivity index (χ1n) is 6.71. The average molecular weight is 295 g/mol. The highest BCUT2D eigenvalue weighted by atomic mass is 35.5. The number of nitrogen functional groups attached to an aromatic ring is 1. The minimum atomic E-state index is 0.299. The summed E-state index contributed by atoms with van der Waals surface area (Å²) in [6.07, 6.45) is 1.94. The molecule has 108 valence electrons. The van der Waals surface area contributed by atoms with Crippen molar-refractivity contribution in [1.29, 1.82) is 0 Å². The molecule has 0 spiro atoms. The smallest absolute Gasteiger partial charge is 0.230 e. The largest absolute Gasteiger partial charge is 0.496 e. The summed E-state index contributed by atoms with van der Waals surface area (Å²) in [5, 5.41) is 4.76. The van der Waals surface area contributed by atoms with Crippen LogP contribution in [0.3, 0.4) is 0 Å². The Kier molecular flexibility index (Phi) is 4.55. The number of hydrogen-bond donors (Lipinski definition) is 1. The minimum absolute atomic E-state index is 0.299. The summed E-state index contributed by atoms with van der Waals surface area (Å²) < 4.78 is 10.6. The maximum Gasteiger partial charge on any atom is 0.230 e. The minimum Gasteiger partial charge on any atom is -0.496 e.